The topological polar surface area (TPSA) is 71.5 Å². The summed E-state index contributed by atoms with van der Waals surface area (Å²) in [5.74, 6) is 0. The molecule has 8 heteroatoms. The van der Waals surface area contributed by atoms with Crippen LogP contribution >= 0.6 is 0 Å². The van der Waals surface area contributed by atoms with Crippen molar-refractivity contribution in [3.8, 4) is 0 Å². The van der Waals surface area contributed by atoms with Crippen LogP contribution in [0.1, 0.15) is 25.3 Å². The molecule has 0 N–H and O–H groups in total. The summed E-state index contributed by atoms with van der Waals surface area (Å²) in [6, 6.07) is 15.4. The van der Waals surface area contributed by atoms with Gasteiger partial charge in [0.05, 0.1) is 17.9 Å². The Kier molecular flexibility index (Phi) is 6.34. The minimum atomic E-state index is -3.77. The van der Waals surface area contributed by atoms with Crippen molar-refractivity contribution < 1.29 is 16.8 Å². The van der Waals surface area contributed by atoms with E-state index in [-0.39, 0.29) is 24.4 Å². The van der Waals surface area contributed by atoms with E-state index in [9.17, 15) is 16.8 Å². The summed E-state index contributed by atoms with van der Waals surface area (Å²) in [6.07, 6.45) is 0.673. The Morgan fingerprint density at radius 2 is 1.50 bits per heavy atom. The quantitative estimate of drug-likeness (QED) is 0.518. The largest absolute Gasteiger partial charge is 0.243 e. The van der Waals surface area contributed by atoms with Gasteiger partial charge >= 0.3 is 0 Å². The Hall–Kier alpha value is -2.00. The van der Waals surface area contributed by atoms with Gasteiger partial charge in [-0.05, 0) is 62.1 Å². The van der Waals surface area contributed by atoms with Gasteiger partial charge in [0.25, 0.3) is 0 Å². The normalized spacial score (nSPS) is 23.4. The Balaban J connectivity index is 1.86. The molecule has 1 unspecified atom stereocenters. The van der Waals surface area contributed by atoms with Crippen LogP contribution in [0.2, 0.25) is 19.6 Å². The third-order valence-corrected chi connectivity index (χ3v) is 12.2. The standard InChI is InChI=1S/C26H33NO4S2Si/c1-20-11-13-24(14-12-20)33(30,31)27-16-15-26(32(28,29)23-9-7-6-8-10-23)17-21(2)25(26)22(18-27)19-34(3,4)5/h6-14,19H,15-18H2,1-5H3/b22-19+. The molecule has 5 nitrogen and oxygen atoms in total. The monoisotopic (exact) mass is 515 g/mol. The van der Waals surface area contributed by atoms with Crippen molar-refractivity contribution >= 4 is 27.9 Å². The maximum absolute atomic E-state index is 14.0. The molecule has 0 spiro atoms. The molecule has 182 valence electrons. The maximum atomic E-state index is 14.0. The lowest BCUT2D eigenvalue weighted by Crippen LogP contribution is -2.48. The molecule has 34 heavy (non-hydrogen) atoms. The molecule has 1 aliphatic heterocycles. The molecule has 1 atom stereocenters. The highest BCUT2D eigenvalue weighted by molar-refractivity contribution is 7.93. The average Bonchev–Trinajstić information content (AvgIpc) is 2.87. The van der Waals surface area contributed by atoms with Gasteiger partial charge in [-0.25, -0.2) is 16.8 Å². The van der Waals surface area contributed by atoms with Gasteiger partial charge in [0, 0.05) is 13.1 Å². The van der Waals surface area contributed by atoms with Crippen LogP contribution in [0, 0.1) is 6.92 Å². The molecule has 1 saturated heterocycles. The zero-order valence-electron chi connectivity index (χ0n) is 20.5. The predicted octanol–water partition coefficient (Wildman–Crippen LogP) is 5.13. The van der Waals surface area contributed by atoms with Gasteiger partial charge in [-0.2, -0.15) is 4.31 Å². The van der Waals surface area contributed by atoms with Crippen LogP contribution in [-0.4, -0.2) is 47.1 Å². The molecule has 0 saturated carbocycles. The summed E-state index contributed by atoms with van der Waals surface area (Å²) < 4.78 is 55.7. The number of fused-ring (bicyclic) bond motifs is 1. The van der Waals surface area contributed by atoms with Crippen LogP contribution in [0.4, 0.5) is 0 Å². The van der Waals surface area contributed by atoms with Crippen molar-refractivity contribution in [2.24, 2.45) is 0 Å². The van der Waals surface area contributed by atoms with Gasteiger partial charge in [-0.15, -0.1) is 0 Å². The van der Waals surface area contributed by atoms with Gasteiger partial charge in [-0.3, -0.25) is 0 Å². The fraction of sp³-hybridized carbons (Fsp3) is 0.385. The van der Waals surface area contributed by atoms with Crippen molar-refractivity contribution in [1.29, 1.82) is 0 Å². The predicted molar refractivity (Wildman–Crippen MR) is 140 cm³/mol. The number of nitrogens with zero attached hydrogens (tertiary/aromatic N) is 1. The lowest BCUT2D eigenvalue weighted by Gasteiger charge is -2.44. The minimum absolute atomic E-state index is 0.155. The first kappa shape index (κ1) is 25.1. The van der Waals surface area contributed by atoms with Crippen LogP contribution in [0.3, 0.4) is 0 Å². The fourth-order valence-electron chi connectivity index (χ4n) is 5.21. The number of benzene rings is 2. The van der Waals surface area contributed by atoms with Crippen molar-refractivity contribution in [2.45, 2.75) is 60.9 Å². The van der Waals surface area contributed by atoms with E-state index in [4.69, 9.17) is 0 Å². The van der Waals surface area contributed by atoms with Crippen LogP contribution in [0.15, 0.2) is 86.8 Å². The summed E-state index contributed by atoms with van der Waals surface area (Å²) in [4.78, 5) is 0.535. The highest BCUT2D eigenvalue weighted by atomic mass is 32.2. The van der Waals surface area contributed by atoms with E-state index in [0.29, 0.717) is 11.3 Å². The molecule has 0 amide bonds. The molecule has 1 heterocycles. The molecule has 4 rings (SSSR count). The third-order valence-electron chi connectivity index (χ3n) is 6.70. The van der Waals surface area contributed by atoms with Crippen LogP contribution in [0.25, 0.3) is 0 Å². The highest BCUT2D eigenvalue weighted by Crippen LogP contribution is 2.54. The second-order valence-corrected chi connectivity index (χ2v) is 19.8. The fourth-order valence-corrected chi connectivity index (χ4v) is 10.2. The smallest absolute Gasteiger partial charge is 0.223 e. The number of sulfone groups is 1. The molecule has 2 aromatic carbocycles. The second kappa shape index (κ2) is 8.59. The van der Waals surface area contributed by atoms with E-state index < -0.39 is 32.7 Å². The summed E-state index contributed by atoms with van der Waals surface area (Å²) in [5.41, 5.74) is 5.90. The molecule has 2 aliphatic rings. The Morgan fingerprint density at radius 1 is 0.882 bits per heavy atom. The van der Waals surface area contributed by atoms with E-state index in [1.807, 2.05) is 13.8 Å². The molecule has 1 fully saturated rings. The minimum Gasteiger partial charge on any atom is -0.223 e. The lowest BCUT2D eigenvalue weighted by atomic mass is 9.73. The zero-order valence-corrected chi connectivity index (χ0v) is 23.1. The number of hydrogen-bond acceptors (Lipinski definition) is 4. The number of hydrogen-bond donors (Lipinski definition) is 0. The van der Waals surface area contributed by atoms with Crippen LogP contribution in [0.5, 0.6) is 0 Å². The lowest BCUT2D eigenvalue weighted by molar-refractivity contribution is 0.415. The Labute approximate surface area is 205 Å². The van der Waals surface area contributed by atoms with E-state index in [2.05, 4.69) is 25.3 Å². The highest BCUT2D eigenvalue weighted by Gasteiger charge is 2.56. The van der Waals surface area contributed by atoms with Crippen LogP contribution in [-0.2, 0) is 19.9 Å². The van der Waals surface area contributed by atoms with Gasteiger partial charge in [0.2, 0.25) is 10.0 Å². The number of aryl methyl sites for hydroxylation is 1. The maximum Gasteiger partial charge on any atom is 0.243 e. The SMILES string of the molecule is CC1=C2/C(=C/[Si](C)(C)C)CN(S(=O)(=O)c3ccc(C)cc3)CCC2(S(=O)(=O)c2ccccc2)C1. The molecule has 1 aliphatic carbocycles. The van der Waals surface area contributed by atoms with E-state index in [0.717, 1.165) is 22.3 Å². The van der Waals surface area contributed by atoms with Crippen LogP contribution < -0.4 is 0 Å². The van der Waals surface area contributed by atoms with E-state index in [1.165, 1.54) is 4.31 Å². The first-order chi connectivity index (χ1) is 15.8. The summed E-state index contributed by atoms with van der Waals surface area (Å²) >= 11 is 0. The Bertz CT molecular complexity index is 1370. The molecule has 0 bridgehead atoms. The van der Waals surface area contributed by atoms with Gasteiger partial charge in [0.15, 0.2) is 9.84 Å². The van der Waals surface area contributed by atoms with Gasteiger partial charge < -0.3 is 0 Å². The Morgan fingerprint density at radius 3 is 2.06 bits per heavy atom. The second-order valence-electron chi connectivity index (χ2n) is 10.6. The average molecular weight is 516 g/mol. The number of allylic oxidation sites excluding steroid dienone is 1. The molecule has 0 radical (unpaired) electrons. The summed E-state index contributed by atoms with van der Waals surface area (Å²) in [6.45, 7) is 10.8. The zero-order chi connectivity index (χ0) is 24.9. The summed E-state index contributed by atoms with van der Waals surface area (Å²) in [5, 5.41) is 0. The molecule has 2 aromatic rings. The first-order valence-electron chi connectivity index (χ1n) is 11.6. The first-order valence-corrected chi connectivity index (χ1v) is 18.1. The molecule has 0 aromatic heterocycles. The van der Waals surface area contributed by atoms with Crippen molar-refractivity contribution in [3.63, 3.8) is 0 Å². The number of rotatable bonds is 5. The van der Waals surface area contributed by atoms with Gasteiger partial charge in [0.1, 0.15) is 4.75 Å². The molecular weight excluding hydrogens is 483 g/mol. The van der Waals surface area contributed by atoms with Gasteiger partial charge in [-0.1, -0.05) is 66.8 Å². The van der Waals surface area contributed by atoms with Crippen molar-refractivity contribution in [1.82, 2.24) is 4.31 Å². The third kappa shape index (κ3) is 4.25. The van der Waals surface area contributed by atoms with E-state index >= 15 is 0 Å². The summed E-state index contributed by atoms with van der Waals surface area (Å²) in [7, 11) is -9.28. The van der Waals surface area contributed by atoms with E-state index in [1.54, 1.807) is 54.6 Å². The van der Waals surface area contributed by atoms with Crippen molar-refractivity contribution in [2.75, 3.05) is 13.1 Å². The number of sulfonamides is 1. The molecular formula is C26H33NO4S2Si. The van der Waals surface area contributed by atoms with Crippen molar-refractivity contribution in [3.05, 3.63) is 82.6 Å².